The summed E-state index contributed by atoms with van der Waals surface area (Å²) in [5.41, 5.74) is 1.05. The van der Waals surface area contributed by atoms with Crippen molar-refractivity contribution in [3.63, 3.8) is 0 Å². The van der Waals surface area contributed by atoms with Gasteiger partial charge in [-0.15, -0.1) is 0 Å². The highest BCUT2D eigenvalue weighted by Crippen LogP contribution is 2.19. The lowest BCUT2D eigenvalue weighted by molar-refractivity contribution is -0.145. The SMILES string of the molecule is O=C(O)[C@H]1CCCN(C(=O)Cn2nc(-c3ccc(Br)cc3)ccc2=O)C1. The number of halogens is 1. The average Bonchev–Trinajstić information content (AvgIpc) is 2.64. The predicted molar refractivity (Wildman–Crippen MR) is 98.6 cm³/mol. The van der Waals surface area contributed by atoms with Gasteiger partial charge in [-0.1, -0.05) is 28.1 Å². The Hall–Kier alpha value is -2.48. The van der Waals surface area contributed by atoms with Gasteiger partial charge in [-0.25, -0.2) is 4.68 Å². The smallest absolute Gasteiger partial charge is 0.308 e. The summed E-state index contributed by atoms with van der Waals surface area (Å²) in [6, 6.07) is 10.5. The van der Waals surface area contributed by atoms with E-state index in [1.807, 2.05) is 24.3 Å². The molecule has 1 saturated heterocycles. The number of amides is 1. The molecule has 0 unspecified atom stereocenters. The number of benzene rings is 1. The fourth-order valence-corrected chi connectivity index (χ4v) is 3.23. The number of carbonyl (C=O) groups excluding carboxylic acids is 1. The fraction of sp³-hybridized carbons (Fsp3) is 0.333. The Bertz CT molecular complexity index is 879. The highest BCUT2D eigenvalue weighted by Gasteiger charge is 2.28. The van der Waals surface area contributed by atoms with Crippen molar-refractivity contribution < 1.29 is 14.7 Å². The molecule has 1 aromatic carbocycles. The predicted octanol–water partition coefficient (Wildman–Crippen LogP) is 2.00. The maximum absolute atomic E-state index is 12.5. The van der Waals surface area contributed by atoms with E-state index in [2.05, 4.69) is 21.0 Å². The van der Waals surface area contributed by atoms with Gasteiger partial charge in [-0.3, -0.25) is 14.4 Å². The summed E-state index contributed by atoms with van der Waals surface area (Å²) in [4.78, 5) is 37.2. The first kappa shape index (κ1) is 18.3. The third kappa shape index (κ3) is 4.19. The summed E-state index contributed by atoms with van der Waals surface area (Å²) in [5.74, 6) is -1.74. The Morgan fingerprint density at radius 3 is 2.62 bits per heavy atom. The lowest BCUT2D eigenvalue weighted by Gasteiger charge is -2.30. The summed E-state index contributed by atoms with van der Waals surface area (Å²) in [6.45, 7) is 0.481. The summed E-state index contributed by atoms with van der Waals surface area (Å²) < 4.78 is 2.06. The van der Waals surface area contributed by atoms with Crippen LogP contribution >= 0.6 is 15.9 Å². The second-order valence-electron chi connectivity index (χ2n) is 6.24. The Balaban J connectivity index is 1.77. The van der Waals surface area contributed by atoms with E-state index in [1.165, 1.54) is 11.0 Å². The third-order valence-corrected chi connectivity index (χ3v) is 4.94. The molecule has 26 heavy (non-hydrogen) atoms. The minimum atomic E-state index is -0.893. The van der Waals surface area contributed by atoms with Gasteiger partial charge in [0.15, 0.2) is 0 Å². The molecule has 7 nitrogen and oxygen atoms in total. The van der Waals surface area contributed by atoms with Crippen molar-refractivity contribution in [2.75, 3.05) is 13.1 Å². The van der Waals surface area contributed by atoms with Crippen molar-refractivity contribution in [3.05, 3.63) is 51.2 Å². The van der Waals surface area contributed by atoms with E-state index in [9.17, 15) is 14.4 Å². The molecular weight excluding hydrogens is 402 g/mol. The van der Waals surface area contributed by atoms with Crippen LogP contribution in [0.15, 0.2) is 45.7 Å². The molecule has 0 spiro atoms. The zero-order valence-electron chi connectivity index (χ0n) is 14.0. The highest BCUT2D eigenvalue weighted by atomic mass is 79.9. The first-order chi connectivity index (χ1) is 12.4. The van der Waals surface area contributed by atoms with Crippen molar-refractivity contribution in [1.29, 1.82) is 0 Å². The first-order valence-corrected chi connectivity index (χ1v) is 9.08. The zero-order valence-corrected chi connectivity index (χ0v) is 15.6. The molecule has 1 aromatic heterocycles. The monoisotopic (exact) mass is 419 g/mol. The number of likely N-dealkylation sites (tertiary alicyclic amines) is 1. The topological polar surface area (TPSA) is 92.5 Å². The molecule has 0 saturated carbocycles. The Kier molecular flexibility index (Phi) is 5.51. The van der Waals surface area contributed by atoms with Crippen LogP contribution in [-0.4, -0.2) is 44.8 Å². The Labute approximate surface area is 158 Å². The standard InChI is InChI=1S/C18H18BrN3O4/c19-14-5-3-12(4-6-14)15-7-8-16(23)22(20-15)11-17(24)21-9-1-2-13(10-21)18(25)26/h3-8,13H,1-2,9-11H2,(H,25,26)/t13-/m0/s1. The third-order valence-electron chi connectivity index (χ3n) is 4.41. The van der Waals surface area contributed by atoms with Gasteiger partial charge in [0.05, 0.1) is 11.6 Å². The minimum absolute atomic E-state index is 0.176. The van der Waals surface area contributed by atoms with Gasteiger partial charge in [0, 0.05) is 29.2 Å². The number of piperidine rings is 1. The fourth-order valence-electron chi connectivity index (χ4n) is 2.97. The average molecular weight is 420 g/mol. The van der Waals surface area contributed by atoms with E-state index in [0.717, 1.165) is 14.7 Å². The van der Waals surface area contributed by atoms with Gasteiger partial charge < -0.3 is 10.0 Å². The van der Waals surface area contributed by atoms with Crippen LogP contribution in [0.5, 0.6) is 0 Å². The largest absolute Gasteiger partial charge is 0.481 e. The molecule has 1 atom stereocenters. The number of rotatable bonds is 4. The molecule has 1 aliphatic rings. The van der Waals surface area contributed by atoms with E-state index >= 15 is 0 Å². The number of carboxylic acids is 1. The van der Waals surface area contributed by atoms with Crippen molar-refractivity contribution in [3.8, 4) is 11.3 Å². The summed E-state index contributed by atoms with van der Waals surface area (Å²) >= 11 is 3.37. The van der Waals surface area contributed by atoms with Crippen LogP contribution in [0.4, 0.5) is 0 Å². The maximum Gasteiger partial charge on any atom is 0.308 e. The number of hydrogen-bond donors (Lipinski definition) is 1. The normalized spacial score (nSPS) is 17.1. The van der Waals surface area contributed by atoms with Gasteiger partial charge in [0.2, 0.25) is 5.91 Å². The Morgan fingerprint density at radius 1 is 1.19 bits per heavy atom. The van der Waals surface area contributed by atoms with E-state index in [1.54, 1.807) is 6.07 Å². The van der Waals surface area contributed by atoms with E-state index < -0.39 is 11.9 Å². The molecule has 2 aromatic rings. The molecule has 1 aliphatic heterocycles. The van der Waals surface area contributed by atoms with Crippen LogP contribution in [0.25, 0.3) is 11.3 Å². The van der Waals surface area contributed by atoms with Crippen LogP contribution in [0.3, 0.4) is 0 Å². The van der Waals surface area contributed by atoms with Crippen LogP contribution < -0.4 is 5.56 Å². The lowest BCUT2D eigenvalue weighted by Crippen LogP contribution is -2.44. The second kappa shape index (κ2) is 7.82. The molecule has 0 aliphatic carbocycles. The van der Waals surface area contributed by atoms with Gasteiger partial charge in [-0.2, -0.15) is 5.10 Å². The molecule has 0 radical (unpaired) electrons. The maximum atomic E-state index is 12.5. The number of aromatic nitrogens is 2. The molecule has 1 amide bonds. The molecule has 8 heteroatoms. The first-order valence-electron chi connectivity index (χ1n) is 8.29. The summed E-state index contributed by atoms with van der Waals surface area (Å²) in [7, 11) is 0. The summed E-state index contributed by atoms with van der Waals surface area (Å²) in [6.07, 6.45) is 1.21. The molecule has 3 rings (SSSR count). The lowest BCUT2D eigenvalue weighted by atomic mass is 9.98. The van der Waals surface area contributed by atoms with Crippen molar-refractivity contribution in [2.45, 2.75) is 19.4 Å². The van der Waals surface area contributed by atoms with Crippen LogP contribution in [0.1, 0.15) is 12.8 Å². The molecule has 2 heterocycles. The number of carbonyl (C=O) groups is 2. The van der Waals surface area contributed by atoms with E-state index in [4.69, 9.17) is 5.11 Å². The molecule has 1 N–H and O–H groups in total. The molecule has 0 bridgehead atoms. The Morgan fingerprint density at radius 2 is 1.92 bits per heavy atom. The van der Waals surface area contributed by atoms with E-state index in [-0.39, 0.29) is 24.6 Å². The molecular formula is C18H18BrN3O4. The van der Waals surface area contributed by atoms with Crippen molar-refractivity contribution >= 4 is 27.8 Å². The van der Waals surface area contributed by atoms with Crippen molar-refractivity contribution in [2.24, 2.45) is 5.92 Å². The minimum Gasteiger partial charge on any atom is -0.481 e. The van der Waals surface area contributed by atoms with Gasteiger partial charge in [0.1, 0.15) is 6.54 Å². The molecule has 136 valence electrons. The van der Waals surface area contributed by atoms with Gasteiger partial charge in [0.25, 0.3) is 5.56 Å². The quantitative estimate of drug-likeness (QED) is 0.817. The van der Waals surface area contributed by atoms with E-state index in [0.29, 0.717) is 25.1 Å². The number of nitrogens with zero attached hydrogens (tertiary/aromatic N) is 3. The highest BCUT2D eigenvalue weighted by molar-refractivity contribution is 9.10. The van der Waals surface area contributed by atoms with Gasteiger partial charge in [-0.05, 0) is 31.0 Å². The van der Waals surface area contributed by atoms with Crippen LogP contribution in [-0.2, 0) is 16.1 Å². The van der Waals surface area contributed by atoms with Crippen molar-refractivity contribution in [1.82, 2.24) is 14.7 Å². The molecule has 1 fully saturated rings. The van der Waals surface area contributed by atoms with Gasteiger partial charge >= 0.3 is 5.97 Å². The number of hydrogen-bond acceptors (Lipinski definition) is 4. The second-order valence-corrected chi connectivity index (χ2v) is 7.15. The van der Waals surface area contributed by atoms with Crippen LogP contribution in [0, 0.1) is 5.92 Å². The zero-order chi connectivity index (χ0) is 18.7. The number of carboxylic acid groups (broad SMARTS) is 1. The van der Waals surface area contributed by atoms with Crippen LogP contribution in [0.2, 0.25) is 0 Å². The number of aliphatic carboxylic acids is 1. The summed E-state index contributed by atoms with van der Waals surface area (Å²) in [5, 5.41) is 13.4.